The van der Waals surface area contributed by atoms with Crippen molar-refractivity contribution in [3.63, 3.8) is 0 Å². The maximum atomic E-state index is 11.8. The Labute approximate surface area is 118 Å². The molecule has 2 aromatic carbocycles. The lowest BCUT2D eigenvalue weighted by molar-refractivity contribution is 0.0954. The van der Waals surface area contributed by atoms with E-state index in [0.717, 1.165) is 17.0 Å². The highest BCUT2D eigenvalue weighted by molar-refractivity contribution is 6.31. The normalized spacial score (nSPS) is 10.2. The summed E-state index contributed by atoms with van der Waals surface area (Å²) in [5.74, 6) is -0.0414. The van der Waals surface area contributed by atoms with Crippen LogP contribution in [-0.4, -0.2) is 12.5 Å². The summed E-state index contributed by atoms with van der Waals surface area (Å²) >= 11 is 6.06. The molecule has 0 saturated carbocycles. The summed E-state index contributed by atoms with van der Waals surface area (Å²) in [6.45, 7) is 2.60. The summed E-state index contributed by atoms with van der Waals surface area (Å²) < 4.78 is 0. The molecule has 1 amide bonds. The third-order valence-electron chi connectivity index (χ3n) is 3.10. The van der Waals surface area contributed by atoms with E-state index in [1.165, 1.54) is 5.56 Å². The number of hydrogen-bond donors (Lipinski definition) is 1. The molecule has 0 saturated heterocycles. The van der Waals surface area contributed by atoms with Gasteiger partial charge in [0, 0.05) is 17.1 Å². The van der Waals surface area contributed by atoms with Gasteiger partial charge in [0.05, 0.1) is 0 Å². The minimum atomic E-state index is -0.0414. The Morgan fingerprint density at radius 3 is 2.58 bits per heavy atom. The van der Waals surface area contributed by atoms with Gasteiger partial charge in [0.15, 0.2) is 0 Å². The smallest absolute Gasteiger partial charge is 0.251 e. The third kappa shape index (κ3) is 3.58. The quantitative estimate of drug-likeness (QED) is 0.906. The monoisotopic (exact) mass is 273 g/mol. The number of benzene rings is 2. The molecule has 0 aliphatic carbocycles. The maximum Gasteiger partial charge on any atom is 0.251 e. The SMILES string of the molecule is Cc1c(Cl)cccc1CCNC(=O)c1ccccc1. The topological polar surface area (TPSA) is 29.1 Å². The molecular formula is C16H16ClNO. The highest BCUT2D eigenvalue weighted by atomic mass is 35.5. The van der Waals surface area contributed by atoms with Gasteiger partial charge in [-0.2, -0.15) is 0 Å². The fourth-order valence-electron chi connectivity index (χ4n) is 1.93. The van der Waals surface area contributed by atoms with E-state index in [1.54, 1.807) is 12.1 Å². The largest absolute Gasteiger partial charge is 0.352 e. The number of hydrogen-bond acceptors (Lipinski definition) is 1. The van der Waals surface area contributed by atoms with Crippen molar-refractivity contribution in [3.8, 4) is 0 Å². The molecule has 0 aliphatic heterocycles. The van der Waals surface area contributed by atoms with E-state index < -0.39 is 0 Å². The van der Waals surface area contributed by atoms with E-state index in [0.29, 0.717) is 12.1 Å². The molecule has 0 radical (unpaired) electrons. The van der Waals surface area contributed by atoms with Crippen molar-refractivity contribution in [3.05, 3.63) is 70.2 Å². The molecule has 0 unspecified atom stereocenters. The summed E-state index contributed by atoms with van der Waals surface area (Å²) in [6, 6.07) is 15.1. The van der Waals surface area contributed by atoms with E-state index >= 15 is 0 Å². The minimum Gasteiger partial charge on any atom is -0.352 e. The molecule has 0 spiro atoms. The van der Waals surface area contributed by atoms with Crippen LogP contribution in [0.15, 0.2) is 48.5 Å². The van der Waals surface area contributed by atoms with Gasteiger partial charge in [-0.3, -0.25) is 4.79 Å². The number of carbonyl (C=O) groups is 1. The van der Waals surface area contributed by atoms with E-state index in [4.69, 9.17) is 11.6 Å². The van der Waals surface area contributed by atoms with Crippen molar-refractivity contribution in [2.75, 3.05) is 6.54 Å². The molecule has 2 rings (SSSR count). The highest BCUT2D eigenvalue weighted by Crippen LogP contribution is 2.18. The fourth-order valence-corrected chi connectivity index (χ4v) is 2.12. The lowest BCUT2D eigenvalue weighted by atomic mass is 10.1. The van der Waals surface area contributed by atoms with Gasteiger partial charge in [-0.05, 0) is 42.7 Å². The summed E-state index contributed by atoms with van der Waals surface area (Å²) in [7, 11) is 0. The Morgan fingerprint density at radius 2 is 1.84 bits per heavy atom. The number of halogens is 1. The van der Waals surface area contributed by atoms with Crippen LogP contribution < -0.4 is 5.32 Å². The number of rotatable bonds is 4. The first-order valence-corrected chi connectivity index (χ1v) is 6.63. The molecule has 0 fully saturated rings. The zero-order valence-corrected chi connectivity index (χ0v) is 11.6. The third-order valence-corrected chi connectivity index (χ3v) is 3.51. The van der Waals surface area contributed by atoms with E-state index in [-0.39, 0.29) is 5.91 Å². The number of carbonyl (C=O) groups excluding carboxylic acids is 1. The molecule has 0 aliphatic rings. The Balaban J connectivity index is 1.90. The zero-order chi connectivity index (χ0) is 13.7. The van der Waals surface area contributed by atoms with Crippen LogP contribution in [0, 0.1) is 6.92 Å². The molecule has 0 bridgehead atoms. The standard InChI is InChI=1S/C16H16ClNO/c1-12-13(8-5-9-15(12)17)10-11-18-16(19)14-6-3-2-4-7-14/h2-9H,10-11H2,1H3,(H,18,19). The first-order valence-electron chi connectivity index (χ1n) is 6.25. The molecule has 2 aromatic rings. The van der Waals surface area contributed by atoms with Crippen LogP contribution in [0.25, 0.3) is 0 Å². The Morgan fingerprint density at radius 1 is 1.11 bits per heavy atom. The summed E-state index contributed by atoms with van der Waals surface area (Å²) in [4.78, 5) is 11.8. The van der Waals surface area contributed by atoms with Crippen molar-refractivity contribution >= 4 is 17.5 Å². The first-order chi connectivity index (χ1) is 9.18. The molecule has 0 heterocycles. The molecular weight excluding hydrogens is 258 g/mol. The second kappa shape index (κ2) is 6.39. The lowest BCUT2D eigenvalue weighted by Gasteiger charge is -2.08. The summed E-state index contributed by atoms with van der Waals surface area (Å²) in [6.07, 6.45) is 0.783. The molecule has 1 N–H and O–H groups in total. The Hall–Kier alpha value is -1.80. The minimum absolute atomic E-state index is 0.0414. The molecule has 2 nitrogen and oxygen atoms in total. The molecule has 3 heteroatoms. The average Bonchev–Trinajstić information content (AvgIpc) is 2.44. The number of amides is 1. The second-order valence-corrected chi connectivity index (χ2v) is 4.80. The van der Waals surface area contributed by atoms with Crippen LogP contribution in [0.1, 0.15) is 21.5 Å². The van der Waals surface area contributed by atoms with Crippen LogP contribution >= 0.6 is 11.6 Å². The van der Waals surface area contributed by atoms with Crippen molar-refractivity contribution in [2.45, 2.75) is 13.3 Å². The van der Waals surface area contributed by atoms with Crippen molar-refractivity contribution in [1.82, 2.24) is 5.32 Å². The van der Waals surface area contributed by atoms with E-state index in [9.17, 15) is 4.79 Å². The molecule has 98 valence electrons. The molecule has 0 aromatic heterocycles. The van der Waals surface area contributed by atoms with E-state index in [2.05, 4.69) is 5.32 Å². The average molecular weight is 274 g/mol. The maximum absolute atomic E-state index is 11.8. The van der Waals surface area contributed by atoms with Crippen LogP contribution in [0.3, 0.4) is 0 Å². The Kier molecular flexibility index (Phi) is 4.58. The van der Waals surface area contributed by atoms with E-state index in [1.807, 2.05) is 43.3 Å². The first kappa shape index (κ1) is 13.6. The van der Waals surface area contributed by atoms with Crippen LogP contribution in [0.4, 0.5) is 0 Å². The van der Waals surface area contributed by atoms with Crippen LogP contribution in [0.5, 0.6) is 0 Å². The molecule has 0 atom stereocenters. The summed E-state index contributed by atoms with van der Waals surface area (Å²) in [5, 5.41) is 3.68. The lowest BCUT2D eigenvalue weighted by Crippen LogP contribution is -2.25. The van der Waals surface area contributed by atoms with Crippen molar-refractivity contribution < 1.29 is 4.79 Å². The van der Waals surface area contributed by atoms with Crippen molar-refractivity contribution in [1.29, 1.82) is 0 Å². The highest BCUT2D eigenvalue weighted by Gasteiger charge is 2.05. The van der Waals surface area contributed by atoms with Gasteiger partial charge in [0.25, 0.3) is 5.91 Å². The van der Waals surface area contributed by atoms with Gasteiger partial charge in [0.1, 0.15) is 0 Å². The zero-order valence-electron chi connectivity index (χ0n) is 10.8. The Bertz CT molecular complexity index is 566. The van der Waals surface area contributed by atoms with Crippen molar-refractivity contribution in [2.24, 2.45) is 0 Å². The number of nitrogens with one attached hydrogen (secondary N) is 1. The van der Waals surface area contributed by atoms with Gasteiger partial charge < -0.3 is 5.32 Å². The molecule has 19 heavy (non-hydrogen) atoms. The van der Waals surface area contributed by atoms with Gasteiger partial charge >= 0.3 is 0 Å². The fraction of sp³-hybridized carbons (Fsp3) is 0.188. The summed E-state index contributed by atoms with van der Waals surface area (Å²) in [5.41, 5.74) is 2.93. The second-order valence-electron chi connectivity index (χ2n) is 4.40. The van der Waals surface area contributed by atoms with Gasteiger partial charge in [0.2, 0.25) is 0 Å². The predicted molar refractivity (Wildman–Crippen MR) is 78.7 cm³/mol. The van der Waals surface area contributed by atoms with Crippen LogP contribution in [-0.2, 0) is 6.42 Å². The van der Waals surface area contributed by atoms with Gasteiger partial charge in [-0.25, -0.2) is 0 Å². The van der Waals surface area contributed by atoms with Gasteiger partial charge in [-0.15, -0.1) is 0 Å². The van der Waals surface area contributed by atoms with Gasteiger partial charge in [-0.1, -0.05) is 41.9 Å². The predicted octanol–water partition coefficient (Wildman–Crippen LogP) is 3.62. The van der Waals surface area contributed by atoms with Crippen LogP contribution in [0.2, 0.25) is 5.02 Å².